The lowest BCUT2D eigenvalue weighted by molar-refractivity contribution is -0.137. The highest BCUT2D eigenvalue weighted by molar-refractivity contribution is 7.98. The molecule has 0 spiro atoms. The third kappa shape index (κ3) is 2.90. The first-order chi connectivity index (χ1) is 6.86. The van der Waals surface area contributed by atoms with Crippen molar-refractivity contribution in [1.29, 1.82) is 0 Å². The van der Waals surface area contributed by atoms with Crippen molar-refractivity contribution in [2.24, 2.45) is 0 Å². The summed E-state index contributed by atoms with van der Waals surface area (Å²) in [6.07, 6.45) is -2.94. The molecule has 0 unspecified atom stereocenters. The summed E-state index contributed by atoms with van der Waals surface area (Å²) < 4.78 is 37.5. The zero-order chi connectivity index (χ0) is 11.6. The van der Waals surface area contributed by atoms with E-state index >= 15 is 0 Å². The predicted octanol–water partition coefficient (Wildman–Crippen LogP) is 1.11. The van der Waals surface area contributed by atoms with Crippen LogP contribution in [0.2, 0.25) is 0 Å². The van der Waals surface area contributed by atoms with E-state index in [0.29, 0.717) is 4.90 Å². The number of hydrogen-bond donors (Lipinski definition) is 2. The zero-order valence-electron chi connectivity index (χ0n) is 7.75. The van der Waals surface area contributed by atoms with Gasteiger partial charge in [-0.15, -0.1) is 11.8 Å². The fourth-order valence-corrected chi connectivity index (χ4v) is 1.57. The second-order valence-electron chi connectivity index (χ2n) is 2.82. The summed E-state index contributed by atoms with van der Waals surface area (Å²) in [6, 6.07) is 3.38. The molecule has 0 aliphatic heterocycles. The highest BCUT2D eigenvalue weighted by Crippen LogP contribution is 2.30. The van der Waals surface area contributed by atoms with Crippen LogP contribution in [0.15, 0.2) is 23.1 Å². The van der Waals surface area contributed by atoms with Gasteiger partial charge in [-0.05, 0) is 23.9 Å². The van der Waals surface area contributed by atoms with Gasteiger partial charge >= 0.3 is 13.3 Å². The van der Waals surface area contributed by atoms with Crippen molar-refractivity contribution >= 4 is 24.3 Å². The van der Waals surface area contributed by atoms with Crippen molar-refractivity contribution in [3.63, 3.8) is 0 Å². The van der Waals surface area contributed by atoms with Gasteiger partial charge in [0.15, 0.2) is 0 Å². The third-order valence-electron chi connectivity index (χ3n) is 1.84. The van der Waals surface area contributed by atoms with Gasteiger partial charge in [0, 0.05) is 4.90 Å². The lowest BCUT2D eigenvalue weighted by Gasteiger charge is -2.13. The van der Waals surface area contributed by atoms with Crippen molar-refractivity contribution in [1.82, 2.24) is 0 Å². The van der Waals surface area contributed by atoms with E-state index in [-0.39, 0.29) is 0 Å². The van der Waals surface area contributed by atoms with Gasteiger partial charge in [-0.3, -0.25) is 0 Å². The third-order valence-corrected chi connectivity index (χ3v) is 2.57. The molecule has 0 radical (unpaired) electrons. The standard InChI is InChI=1S/C8H8BF3O2S/c1-15-5-2-3-7(9(13)14)6(4-5)8(10,11)12/h2-4,13-14H,1H3. The Morgan fingerprint density at radius 2 is 1.87 bits per heavy atom. The predicted molar refractivity (Wildman–Crippen MR) is 53.1 cm³/mol. The van der Waals surface area contributed by atoms with Crippen LogP contribution in [0.4, 0.5) is 13.2 Å². The number of rotatable bonds is 2. The van der Waals surface area contributed by atoms with Crippen LogP contribution in [0.5, 0.6) is 0 Å². The highest BCUT2D eigenvalue weighted by Gasteiger charge is 2.36. The summed E-state index contributed by atoms with van der Waals surface area (Å²) in [5.74, 6) is 0. The first kappa shape index (κ1) is 12.4. The largest absolute Gasteiger partial charge is 0.489 e. The second-order valence-corrected chi connectivity index (χ2v) is 3.70. The minimum atomic E-state index is -4.58. The molecule has 0 atom stereocenters. The summed E-state index contributed by atoms with van der Waals surface area (Å²) in [4.78, 5) is 0.423. The summed E-state index contributed by atoms with van der Waals surface area (Å²) in [6.45, 7) is 0. The Balaban J connectivity index is 3.29. The molecule has 0 heterocycles. The first-order valence-electron chi connectivity index (χ1n) is 3.97. The van der Waals surface area contributed by atoms with E-state index in [9.17, 15) is 13.2 Å². The molecule has 0 fully saturated rings. The van der Waals surface area contributed by atoms with Gasteiger partial charge in [-0.2, -0.15) is 13.2 Å². The maximum atomic E-state index is 12.5. The number of benzene rings is 1. The molecule has 2 N–H and O–H groups in total. The SMILES string of the molecule is CSc1ccc(B(O)O)c(C(F)(F)F)c1. The number of thioether (sulfide) groups is 1. The molecule has 0 saturated heterocycles. The molecule has 82 valence electrons. The monoisotopic (exact) mass is 236 g/mol. The van der Waals surface area contributed by atoms with Gasteiger partial charge in [0.05, 0.1) is 5.56 Å². The van der Waals surface area contributed by atoms with Crippen molar-refractivity contribution in [2.45, 2.75) is 11.1 Å². The molecule has 0 aromatic heterocycles. The normalized spacial score (nSPS) is 11.6. The van der Waals surface area contributed by atoms with E-state index in [1.807, 2.05) is 0 Å². The van der Waals surface area contributed by atoms with E-state index < -0.39 is 24.3 Å². The Morgan fingerprint density at radius 1 is 1.27 bits per heavy atom. The molecular weight excluding hydrogens is 228 g/mol. The number of hydrogen-bond acceptors (Lipinski definition) is 3. The van der Waals surface area contributed by atoms with Crippen LogP contribution in [0.25, 0.3) is 0 Å². The first-order valence-corrected chi connectivity index (χ1v) is 5.20. The van der Waals surface area contributed by atoms with Crippen LogP contribution >= 0.6 is 11.8 Å². The average molecular weight is 236 g/mol. The van der Waals surface area contributed by atoms with E-state index in [1.165, 1.54) is 6.07 Å². The smallest absolute Gasteiger partial charge is 0.423 e. The molecule has 7 heteroatoms. The minimum Gasteiger partial charge on any atom is -0.423 e. The van der Waals surface area contributed by atoms with Crippen molar-refractivity contribution in [2.75, 3.05) is 6.26 Å². The fraction of sp³-hybridized carbons (Fsp3) is 0.250. The van der Waals surface area contributed by atoms with Gasteiger partial charge in [0.2, 0.25) is 0 Å². The summed E-state index contributed by atoms with van der Waals surface area (Å²) >= 11 is 1.16. The van der Waals surface area contributed by atoms with E-state index in [0.717, 1.165) is 23.9 Å². The molecule has 0 amide bonds. The Bertz CT molecular complexity index is 354. The lowest BCUT2D eigenvalue weighted by atomic mass is 9.77. The Morgan fingerprint density at radius 3 is 2.27 bits per heavy atom. The highest BCUT2D eigenvalue weighted by atomic mass is 32.2. The Kier molecular flexibility index (Phi) is 3.69. The zero-order valence-corrected chi connectivity index (χ0v) is 8.56. The van der Waals surface area contributed by atoms with Crippen LogP contribution in [0.1, 0.15) is 5.56 Å². The lowest BCUT2D eigenvalue weighted by Crippen LogP contribution is -2.36. The molecule has 1 rings (SSSR count). The quantitative estimate of drug-likeness (QED) is 0.596. The number of alkyl halides is 3. The van der Waals surface area contributed by atoms with Crippen molar-refractivity contribution < 1.29 is 23.2 Å². The van der Waals surface area contributed by atoms with Gasteiger partial charge in [0.25, 0.3) is 0 Å². The topological polar surface area (TPSA) is 40.5 Å². The molecule has 1 aromatic rings. The van der Waals surface area contributed by atoms with Crippen LogP contribution in [-0.2, 0) is 6.18 Å². The molecule has 0 aliphatic rings. The Hall–Kier alpha value is -0.655. The van der Waals surface area contributed by atoms with Gasteiger partial charge in [-0.25, -0.2) is 0 Å². The van der Waals surface area contributed by atoms with Crippen LogP contribution in [-0.4, -0.2) is 23.4 Å². The maximum Gasteiger partial charge on any atom is 0.489 e. The second kappa shape index (κ2) is 4.46. The molecule has 0 saturated carbocycles. The molecular formula is C8H8BF3O2S. The van der Waals surface area contributed by atoms with Crippen LogP contribution < -0.4 is 5.46 Å². The maximum absolute atomic E-state index is 12.5. The van der Waals surface area contributed by atoms with Gasteiger partial charge in [0.1, 0.15) is 0 Å². The summed E-state index contributed by atoms with van der Waals surface area (Å²) in [7, 11) is -2.11. The molecule has 0 bridgehead atoms. The summed E-state index contributed by atoms with van der Waals surface area (Å²) in [5, 5.41) is 17.6. The molecule has 0 aliphatic carbocycles. The van der Waals surface area contributed by atoms with Crippen molar-refractivity contribution in [3.8, 4) is 0 Å². The van der Waals surface area contributed by atoms with Gasteiger partial charge in [-0.1, -0.05) is 6.07 Å². The fourth-order valence-electron chi connectivity index (χ4n) is 1.13. The van der Waals surface area contributed by atoms with Gasteiger partial charge < -0.3 is 10.0 Å². The van der Waals surface area contributed by atoms with E-state index in [1.54, 1.807) is 6.26 Å². The molecule has 1 aromatic carbocycles. The average Bonchev–Trinajstić information content (AvgIpc) is 2.15. The Labute approximate surface area is 89.3 Å². The molecule has 15 heavy (non-hydrogen) atoms. The minimum absolute atomic E-state index is 0.423. The van der Waals surface area contributed by atoms with E-state index in [2.05, 4.69) is 0 Å². The number of halogens is 3. The van der Waals surface area contributed by atoms with Crippen LogP contribution in [0, 0.1) is 0 Å². The summed E-state index contributed by atoms with van der Waals surface area (Å²) in [5.41, 5.74) is -1.54. The van der Waals surface area contributed by atoms with E-state index in [4.69, 9.17) is 10.0 Å². The van der Waals surface area contributed by atoms with Crippen molar-refractivity contribution in [3.05, 3.63) is 23.8 Å². The molecule has 2 nitrogen and oxygen atoms in total. The van der Waals surface area contributed by atoms with Crippen LogP contribution in [0.3, 0.4) is 0 Å².